The zero-order chi connectivity index (χ0) is 32.0. The van der Waals surface area contributed by atoms with E-state index in [4.69, 9.17) is 20.9 Å². The molecule has 0 aliphatic carbocycles. The zero-order valence-electron chi connectivity index (χ0n) is 22.2. The number of ether oxygens (including phenoxy) is 1. The Morgan fingerprint density at radius 3 is 1.98 bits per heavy atom. The molecule has 0 aliphatic heterocycles. The SMILES string of the molecule is CCOC(=O)c1c(P(=O)(OCC)c2cc(C(F)(F)F)cc(C(F)(F)F)c2)c2cc(Cl)ccc2n1S(=O)(=O)c1ccccc1. The predicted octanol–water partition coefficient (Wildman–Crippen LogP) is 7.01. The van der Waals surface area contributed by atoms with Crippen LogP contribution in [-0.4, -0.2) is 31.6 Å². The zero-order valence-corrected chi connectivity index (χ0v) is 24.6. The van der Waals surface area contributed by atoms with E-state index in [-0.39, 0.29) is 45.6 Å². The number of alkyl halides is 6. The molecule has 230 valence electrons. The number of fused-ring (bicyclic) bond motifs is 1. The van der Waals surface area contributed by atoms with Crippen LogP contribution in [0.25, 0.3) is 10.9 Å². The minimum absolute atomic E-state index is 0.0820. The van der Waals surface area contributed by atoms with Crippen molar-refractivity contribution < 1.29 is 53.4 Å². The van der Waals surface area contributed by atoms with Crippen molar-refractivity contribution in [3.63, 3.8) is 0 Å². The highest BCUT2D eigenvalue weighted by Crippen LogP contribution is 2.51. The van der Waals surface area contributed by atoms with Crippen molar-refractivity contribution in [2.24, 2.45) is 0 Å². The van der Waals surface area contributed by atoms with E-state index < -0.39 is 69.8 Å². The van der Waals surface area contributed by atoms with Gasteiger partial charge in [0.15, 0.2) is 5.69 Å². The fourth-order valence-corrected chi connectivity index (χ4v) is 8.66. The minimum atomic E-state index is -5.31. The van der Waals surface area contributed by atoms with Gasteiger partial charge in [-0.3, -0.25) is 4.57 Å². The first-order valence-corrected chi connectivity index (χ1v) is 15.8. The van der Waals surface area contributed by atoms with Crippen molar-refractivity contribution in [1.82, 2.24) is 3.97 Å². The van der Waals surface area contributed by atoms with E-state index in [1.165, 1.54) is 50.2 Å². The van der Waals surface area contributed by atoms with Gasteiger partial charge in [-0.1, -0.05) is 29.8 Å². The van der Waals surface area contributed by atoms with Crippen LogP contribution in [0.4, 0.5) is 26.3 Å². The van der Waals surface area contributed by atoms with Crippen molar-refractivity contribution in [3.05, 3.63) is 88.6 Å². The van der Waals surface area contributed by atoms with Gasteiger partial charge in [-0.2, -0.15) is 26.3 Å². The van der Waals surface area contributed by atoms with Gasteiger partial charge in [0, 0.05) is 15.7 Å². The lowest BCUT2D eigenvalue weighted by Crippen LogP contribution is -2.29. The third-order valence-electron chi connectivity index (χ3n) is 6.13. The summed E-state index contributed by atoms with van der Waals surface area (Å²) in [4.78, 5) is 13.1. The van der Waals surface area contributed by atoms with Crippen LogP contribution in [0.1, 0.15) is 35.5 Å². The molecule has 0 bridgehead atoms. The van der Waals surface area contributed by atoms with Crippen LogP contribution in [0.3, 0.4) is 0 Å². The molecular weight excluding hydrogens is 647 g/mol. The van der Waals surface area contributed by atoms with E-state index >= 15 is 0 Å². The summed E-state index contributed by atoms with van der Waals surface area (Å²) in [6.45, 7) is 1.78. The summed E-state index contributed by atoms with van der Waals surface area (Å²) in [6.07, 6.45) is -10.6. The molecule has 4 rings (SSSR count). The summed E-state index contributed by atoms with van der Waals surface area (Å²) in [6, 6.07) is 10.4. The number of carbonyl (C=O) groups excluding carboxylic acids is 1. The highest BCUT2D eigenvalue weighted by molar-refractivity contribution is 7.90. The van der Waals surface area contributed by atoms with E-state index in [1.54, 1.807) is 0 Å². The Balaban J connectivity index is 2.26. The first kappa shape index (κ1) is 32.6. The van der Waals surface area contributed by atoms with Crippen LogP contribution in [-0.2, 0) is 36.2 Å². The van der Waals surface area contributed by atoms with Crippen molar-refractivity contribution in [1.29, 1.82) is 0 Å². The molecule has 0 saturated carbocycles. The molecule has 1 unspecified atom stereocenters. The number of hydrogen-bond acceptors (Lipinski definition) is 6. The molecule has 0 fully saturated rings. The van der Waals surface area contributed by atoms with E-state index in [9.17, 15) is 44.1 Å². The first-order valence-electron chi connectivity index (χ1n) is 12.3. The van der Waals surface area contributed by atoms with Crippen LogP contribution in [0.15, 0.2) is 71.6 Å². The van der Waals surface area contributed by atoms with E-state index in [0.29, 0.717) is 3.97 Å². The summed E-state index contributed by atoms with van der Waals surface area (Å²) < 4.78 is 137. The maximum absolute atomic E-state index is 14.9. The maximum atomic E-state index is 14.9. The molecule has 0 spiro atoms. The third kappa shape index (κ3) is 6.06. The topological polar surface area (TPSA) is 91.7 Å². The Bertz CT molecular complexity index is 1820. The Labute approximate surface area is 246 Å². The number of rotatable bonds is 8. The summed E-state index contributed by atoms with van der Waals surface area (Å²) in [5.74, 6) is -1.38. The smallest absolute Gasteiger partial charge is 0.416 e. The van der Waals surface area contributed by atoms with Gasteiger partial charge >= 0.3 is 18.3 Å². The molecule has 1 heterocycles. The molecule has 4 aromatic rings. The standard InChI is InChI=1S/C27H21ClF6NO6PS/c1-3-40-25(36)23-24(21-15-18(28)10-11-22(21)35(23)43(38,39)20-8-6-5-7-9-20)42(37,41-4-2)19-13-16(26(29,30)31)12-17(14-19)27(32,33)34/h5-15H,3-4H2,1-2H3. The molecule has 16 heteroatoms. The summed E-state index contributed by atoms with van der Waals surface area (Å²) >= 11 is 6.16. The third-order valence-corrected chi connectivity index (χ3v) is 10.7. The van der Waals surface area contributed by atoms with E-state index in [0.717, 1.165) is 12.1 Å². The monoisotopic (exact) mass is 667 g/mol. The molecule has 0 aliphatic rings. The predicted molar refractivity (Wildman–Crippen MR) is 147 cm³/mol. The molecule has 0 amide bonds. The molecule has 7 nitrogen and oxygen atoms in total. The molecule has 43 heavy (non-hydrogen) atoms. The lowest BCUT2D eigenvalue weighted by atomic mass is 10.1. The minimum Gasteiger partial charge on any atom is -0.461 e. The van der Waals surface area contributed by atoms with Gasteiger partial charge in [-0.25, -0.2) is 17.2 Å². The number of aromatic nitrogens is 1. The van der Waals surface area contributed by atoms with Gasteiger partial charge < -0.3 is 9.26 Å². The molecule has 0 saturated heterocycles. The number of carbonyl (C=O) groups is 1. The fourth-order valence-electron chi connectivity index (χ4n) is 4.40. The van der Waals surface area contributed by atoms with Crippen molar-refractivity contribution >= 4 is 56.5 Å². The van der Waals surface area contributed by atoms with Gasteiger partial charge in [0.25, 0.3) is 17.4 Å². The van der Waals surface area contributed by atoms with Crippen LogP contribution in [0.5, 0.6) is 0 Å². The summed E-state index contributed by atoms with van der Waals surface area (Å²) in [7, 11) is -9.92. The van der Waals surface area contributed by atoms with Crippen LogP contribution < -0.4 is 10.6 Å². The molecule has 3 aromatic carbocycles. The molecule has 1 atom stereocenters. The maximum Gasteiger partial charge on any atom is 0.416 e. The van der Waals surface area contributed by atoms with E-state index in [1.807, 2.05) is 0 Å². The van der Waals surface area contributed by atoms with Crippen molar-refractivity contribution in [2.75, 3.05) is 13.2 Å². The average Bonchev–Trinajstić information content (AvgIpc) is 3.28. The summed E-state index contributed by atoms with van der Waals surface area (Å²) in [5.41, 5.74) is -4.85. The molecule has 0 N–H and O–H groups in total. The largest absolute Gasteiger partial charge is 0.461 e. The average molecular weight is 668 g/mol. The highest BCUT2D eigenvalue weighted by atomic mass is 35.5. The Kier molecular flexibility index (Phi) is 8.82. The first-order chi connectivity index (χ1) is 20.0. The van der Waals surface area contributed by atoms with Crippen molar-refractivity contribution in [2.45, 2.75) is 31.1 Å². The lowest BCUT2D eigenvalue weighted by Gasteiger charge is -2.22. The number of benzene rings is 3. The number of hydrogen-bond donors (Lipinski definition) is 0. The van der Waals surface area contributed by atoms with Crippen LogP contribution in [0.2, 0.25) is 5.02 Å². The molecule has 1 aromatic heterocycles. The van der Waals surface area contributed by atoms with E-state index in [2.05, 4.69) is 0 Å². The quantitative estimate of drug-likeness (QED) is 0.114. The second kappa shape index (κ2) is 11.6. The normalized spacial score (nSPS) is 14.1. The van der Waals surface area contributed by atoms with Gasteiger partial charge in [-0.05, 0) is 62.4 Å². The lowest BCUT2D eigenvalue weighted by molar-refractivity contribution is -0.142. The number of esters is 1. The van der Waals surface area contributed by atoms with Gasteiger partial charge in [0.2, 0.25) is 0 Å². The second-order valence-electron chi connectivity index (χ2n) is 8.89. The van der Waals surface area contributed by atoms with Crippen LogP contribution >= 0.6 is 19.0 Å². The van der Waals surface area contributed by atoms with Gasteiger partial charge in [0.05, 0.1) is 40.1 Å². The van der Waals surface area contributed by atoms with Gasteiger partial charge in [-0.15, -0.1) is 0 Å². The second-order valence-corrected chi connectivity index (χ2v) is 13.4. The fraction of sp³-hybridized carbons (Fsp3) is 0.222. The van der Waals surface area contributed by atoms with Crippen LogP contribution in [0, 0.1) is 0 Å². The Hall–Kier alpha value is -3.32. The highest BCUT2D eigenvalue weighted by Gasteiger charge is 2.45. The number of halogens is 7. The summed E-state index contributed by atoms with van der Waals surface area (Å²) in [5, 5.41) is -2.30. The molecular formula is C27H21ClF6NO6PS. The number of nitrogens with zero attached hydrogens (tertiary/aromatic N) is 1. The Morgan fingerprint density at radius 1 is 0.884 bits per heavy atom. The Morgan fingerprint density at radius 2 is 1.47 bits per heavy atom. The van der Waals surface area contributed by atoms with Crippen molar-refractivity contribution in [3.8, 4) is 0 Å². The molecule has 0 radical (unpaired) electrons. The van der Waals surface area contributed by atoms with Gasteiger partial charge in [0.1, 0.15) is 0 Å².